The first kappa shape index (κ1) is 32.2. The summed E-state index contributed by atoms with van der Waals surface area (Å²) < 4.78 is 0. The number of primary amides is 2. The number of aromatic nitrogens is 1. The second kappa shape index (κ2) is 15.0. The number of rotatable bonds is 17. The largest absolute Gasteiger partial charge is 0.481 e. The number of hydrogen-bond acceptors (Lipinski definition) is 8. The van der Waals surface area contributed by atoms with Gasteiger partial charge in [-0.2, -0.15) is 0 Å². The van der Waals surface area contributed by atoms with Gasteiger partial charge < -0.3 is 48.3 Å². The minimum atomic E-state index is -1.68. The van der Waals surface area contributed by atoms with Crippen molar-refractivity contribution < 1.29 is 43.8 Å². The number of fused-ring (bicyclic) bond motifs is 1. The number of benzene rings is 1. The average Bonchev–Trinajstić information content (AvgIpc) is 3.30. The Bertz CT molecular complexity index is 1310. The fraction of sp³-hybridized carbons (Fsp3) is 0.400. The maximum absolute atomic E-state index is 13.2. The molecule has 16 nitrogen and oxygen atoms in total. The molecule has 0 aliphatic rings. The van der Waals surface area contributed by atoms with Crippen LogP contribution < -0.4 is 33.2 Å². The Morgan fingerprint density at radius 2 is 1.34 bits per heavy atom. The van der Waals surface area contributed by atoms with E-state index in [0.29, 0.717) is 10.9 Å². The Kier molecular flexibility index (Phi) is 11.8. The summed E-state index contributed by atoms with van der Waals surface area (Å²) in [6.45, 7) is 0. The van der Waals surface area contributed by atoms with Crippen LogP contribution in [0.4, 0.5) is 0 Å². The molecule has 16 heteroatoms. The average molecular weight is 576 g/mol. The van der Waals surface area contributed by atoms with Gasteiger partial charge >= 0.3 is 11.9 Å². The highest BCUT2D eigenvalue weighted by molar-refractivity contribution is 5.96. The Balaban J connectivity index is 2.31. The first-order chi connectivity index (χ1) is 19.3. The van der Waals surface area contributed by atoms with Crippen molar-refractivity contribution in [1.82, 2.24) is 20.9 Å². The van der Waals surface area contributed by atoms with E-state index >= 15 is 0 Å². The molecule has 222 valence electrons. The molecule has 0 saturated heterocycles. The van der Waals surface area contributed by atoms with Crippen LogP contribution in [0.15, 0.2) is 30.5 Å². The zero-order chi connectivity index (χ0) is 30.7. The molecule has 0 aliphatic carbocycles. The van der Waals surface area contributed by atoms with Crippen molar-refractivity contribution >= 4 is 52.4 Å². The second-order valence-corrected chi connectivity index (χ2v) is 9.30. The van der Waals surface area contributed by atoms with Gasteiger partial charge in [0.2, 0.25) is 29.5 Å². The molecule has 41 heavy (non-hydrogen) atoms. The summed E-state index contributed by atoms with van der Waals surface area (Å²) in [4.78, 5) is 87.2. The van der Waals surface area contributed by atoms with Gasteiger partial charge in [-0.15, -0.1) is 0 Å². The SMILES string of the molecule is NC(=O)CCC(N)C(=O)NC(CC(=O)O)C(=O)NC(Cc1c[nH]c2ccccc12)C(=O)NC(CCC(N)=O)C(=O)O. The minimum absolute atomic E-state index is 0.157. The molecule has 0 radical (unpaired) electrons. The van der Waals surface area contributed by atoms with Gasteiger partial charge in [0.05, 0.1) is 12.5 Å². The highest BCUT2D eigenvalue weighted by Gasteiger charge is 2.32. The number of nitrogens with one attached hydrogen (secondary N) is 4. The third-order valence-corrected chi connectivity index (χ3v) is 6.08. The molecule has 1 aromatic carbocycles. The lowest BCUT2D eigenvalue weighted by Gasteiger charge is -2.24. The number of nitrogens with two attached hydrogens (primary N) is 3. The van der Waals surface area contributed by atoms with E-state index < -0.39 is 72.1 Å². The minimum Gasteiger partial charge on any atom is -0.481 e. The number of carboxylic acid groups (broad SMARTS) is 2. The first-order valence-corrected chi connectivity index (χ1v) is 12.5. The van der Waals surface area contributed by atoms with Crippen molar-refractivity contribution in [2.24, 2.45) is 17.2 Å². The van der Waals surface area contributed by atoms with Crippen molar-refractivity contribution in [3.8, 4) is 0 Å². The zero-order valence-corrected chi connectivity index (χ0v) is 21.9. The molecule has 0 spiro atoms. The van der Waals surface area contributed by atoms with Gasteiger partial charge in [-0.25, -0.2) is 4.79 Å². The number of carboxylic acids is 2. The predicted molar refractivity (Wildman–Crippen MR) is 143 cm³/mol. The monoisotopic (exact) mass is 575 g/mol. The van der Waals surface area contributed by atoms with Crippen LogP contribution in [-0.4, -0.2) is 80.8 Å². The number of hydrogen-bond donors (Lipinski definition) is 9. The Morgan fingerprint density at radius 3 is 1.95 bits per heavy atom. The summed E-state index contributed by atoms with van der Waals surface area (Å²) in [5.74, 6) is -7.33. The van der Waals surface area contributed by atoms with Gasteiger partial charge in [-0.1, -0.05) is 18.2 Å². The molecule has 0 aliphatic heterocycles. The second-order valence-electron chi connectivity index (χ2n) is 9.30. The number of para-hydroxylation sites is 1. The van der Waals surface area contributed by atoms with Crippen LogP contribution in [-0.2, 0) is 40.0 Å². The number of aliphatic carboxylic acids is 2. The predicted octanol–water partition coefficient (Wildman–Crippen LogP) is -2.42. The maximum atomic E-state index is 13.2. The number of carbonyl (C=O) groups is 7. The quantitative estimate of drug-likeness (QED) is 0.0961. The van der Waals surface area contributed by atoms with Gasteiger partial charge in [0.1, 0.15) is 18.1 Å². The van der Waals surface area contributed by atoms with Gasteiger partial charge in [-0.05, 0) is 24.5 Å². The molecule has 5 amide bonds. The molecule has 0 fully saturated rings. The van der Waals surface area contributed by atoms with Crippen LogP contribution in [0, 0.1) is 0 Å². The van der Waals surface area contributed by atoms with Crippen molar-refractivity contribution in [2.75, 3.05) is 0 Å². The molecule has 0 saturated carbocycles. The lowest BCUT2D eigenvalue weighted by molar-refractivity contribution is -0.143. The summed E-state index contributed by atoms with van der Waals surface area (Å²) in [7, 11) is 0. The molecule has 1 aromatic heterocycles. The molecule has 2 aromatic rings. The van der Waals surface area contributed by atoms with Crippen LogP contribution in [0.1, 0.15) is 37.7 Å². The van der Waals surface area contributed by atoms with Crippen LogP contribution in [0.3, 0.4) is 0 Å². The van der Waals surface area contributed by atoms with Crippen molar-refractivity contribution in [2.45, 2.75) is 62.7 Å². The van der Waals surface area contributed by atoms with Crippen molar-refractivity contribution in [3.05, 3.63) is 36.0 Å². The van der Waals surface area contributed by atoms with Crippen LogP contribution in [0.25, 0.3) is 10.9 Å². The number of aromatic amines is 1. The molecule has 1 heterocycles. The van der Waals surface area contributed by atoms with E-state index in [1.54, 1.807) is 30.5 Å². The van der Waals surface area contributed by atoms with E-state index in [1.807, 2.05) is 0 Å². The standard InChI is InChI=1S/C25H33N7O9/c26-14(5-7-19(27)33)22(37)31-18(10-21(35)36)24(39)32-17(9-12-11-29-15-4-2-1-3-13(12)15)23(38)30-16(25(40)41)6-8-20(28)34/h1-4,11,14,16-18,29H,5-10,26H2,(H2,27,33)(H2,28,34)(H,30,38)(H,31,37)(H,32,39)(H,35,36)(H,40,41). The summed E-state index contributed by atoms with van der Waals surface area (Å²) in [5.41, 5.74) is 17.1. The topological polar surface area (TPSA) is 290 Å². The molecule has 2 rings (SSSR count). The summed E-state index contributed by atoms with van der Waals surface area (Å²) >= 11 is 0. The summed E-state index contributed by atoms with van der Waals surface area (Å²) in [6, 6.07) is 1.14. The zero-order valence-electron chi connectivity index (χ0n) is 21.9. The molecule has 4 unspecified atom stereocenters. The number of amides is 5. The van der Waals surface area contributed by atoms with Crippen molar-refractivity contribution in [3.63, 3.8) is 0 Å². The molecular formula is C25H33N7O9. The fourth-order valence-electron chi connectivity index (χ4n) is 3.91. The van der Waals surface area contributed by atoms with Gasteiger partial charge in [0.15, 0.2) is 0 Å². The summed E-state index contributed by atoms with van der Waals surface area (Å²) in [5, 5.41) is 26.4. The Labute approximate surface area is 233 Å². The molecule has 4 atom stereocenters. The molecule has 0 bridgehead atoms. The van der Waals surface area contributed by atoms with E-state index in [4.69, 9.17) is 17.2 Å². The van der Waals surface area contributed by atoms with E-state index in [-0.39, 0.29) is 32.1 Å². The highest BCUT2D eigenvalue weighted by Crippen LogP contribution is 2.19. The van der Waals surface area contributed by atoms with Gasteiger partial charge in [0.25, 0.3) is 0 Å². The van der Waals surface area contributed by atoms with Crippen LogP contribution in [0.5, 0.6) is 0 Å². The van der Waals surface area contributed by atoms with Gasteiger partial charge in [-0.3, -0.25) is 28.8 Å². The smallest absolute Gasteiger partial charge is 0.326 e. The number of carbonyl (C=O) groups excluding carboxylic acids is 5. The third kappa shape index (κ3) is 10.2. The normalized spacial score (nSPS) is 13.8. The van der Waals surface area contributed by atoms with E-state index in [1.165, 1.54) is 0 Å². The Hall–Kier alpha value is -4.99. The highest BCUT2D eigenvalue weighted by atomic mass is 16.4. The molecular weight excluding hydrogens is 542 g/mol. The lowest BCUT2D eigenvalue weighted by Crippen LogP contribution is -2.58. The van der Waals surface area contributed by atoms with Crippen molar-refractivity contribution in [1.29, 1.82) is 0 Å². The lowest BCUT2D eigenvalue weighted by atomic mass is 10.0. The number of H-pyrrole nitrogens is 1. The fourth-order valence-corrected chi connectivity index (χ4v) is 3.91. The Morgan fingerprint density at radius 1 is 0.780 bits per heavy atom. The first-order valence-electron chi connectivity index (χ1n) is 12.5. The molecule has 12 N–H and O–H groups in total. The van der Waals surface area contributed by atoms with E-state index in [2.05, 4.69) is 20.9 Å². The third-order valence-electron chi connectivity index (χ3n) is 6.08. The van der Waals surface area contributed by atoms with E-state index in [0.717, 1.165) is 5.52 Å². The van der Waals surface area contributed by atoms with Gasteiger partial charge in [0, 0.05) is 36.4 Å². The summed E-state index contributed by atoms with van der Waals surface area (Å²) in [6.07, 6.45) is -0.473. The van der Waals surface area contributed by atoms with E-state index in [9.17, 15) is 43.8 Å². The van der Waals surface area contributed by atoms with Crippen LogP contribution in [0.2, 0.25) is 0 Å². The maximum Gasteiger partial charge on any atom is 0.326 e. The van der Waals surface area contributed by atoms with Crippen LogP contribution >= 0.6 is 0 Å².